The van der Waals surface area contributed by atoms with Crippen LogP contribution in [0.2, 0.25) is 0 Å². The van der Waals surface area contributed by atoms with E-state index < -0.39 is 0 Å². The minimum Gasteiger partial charge on any atom is -0.454 e. The molecule has 3 aliphatic heterocycles. The van der Waals surface area contributed by atoms with Crippen molar-refractivity contribution in [3.05, 3.63) is 23.8 Å². The molecule has 1 amide bonds. The first-order valence-corrected chi connectivity index (χ1v) is 9.60. The molecule has 7 nitrogen and oxygen atoms in total. The molecule has 2 saturated heterocycles. The molecular formula is C20H28N2O5. The quantitative estimate of drug-likeness (QED) is 0.670. The second-order valence-corrected chi connectivity index (χ2v) is 7.81. The fourth-order valence-electron chi connectivity index (χ4n) is 4.13. The number of hydrogen-bond donors (Lipinski definition) is 0. The lowest BCUT2D eigenvalue weighted by molar-refractivity contribution is -0.133. The van der Waals surface area contributed by atoms with Crippen LogP contribution < -0.4 is 9.47 Å². The van der Waals surface area contributed by atoms with Crippen molar-refractivity contribution in [2.45, 2.75) is 19.1 Å². The van der Waals surface area contributed by atoms with Gasteiger partial charge in [0, 0.05) is 46.3 Å². The molecule has 0 aromatic heterocycles. The summed E-state index contributed by atoms with van der Waals surface area (Å²) >= 11 is 0. The summed E-state index contributed by atoms with van der Waals surface area (Å²) in [5.74, 6) is 2.73. The topological polar surface area (TPSA) is 60.5 Å². The zero-order valence-corrected chi connectivity index (χ0v) is 16.1. The van der Waals surface area contributed by atoms with E-state index >= 15 is 0 Å². The number of rotatable bonds is 7. The fraction of sp³-hybridized carbons (Fsp3) is 0.650. The van der Waals surface area contributed by atoms with Gasteiger partial charge in [0.15, 0.2) is 11.5 Å². The lowest BCUT2D eigenvalue weighted by atomic mass is 9.91. The van der Waals surface area contributed by atoms with Crippen LogP contribution in [-0.2, 0) is 20.8 Å². The third-order valence-corrected chi connectivity index (χ3v) is 5.72. The van der Waals surface area contributed by atoms with Gasteiger partial charge in [0.1, 0.15) is 6.61 Å². The van der Waals surface area contributed by atoms with Gasteiger partial charge < -0.3 is 23.8 Å². The highest BCUT2D eigenvalue weighted by Crippen LogP contribution is 2.37. The average Bonchev–Trinajstić information content (AvgIpc) is 3.34. The van der Waals surface area contributed by atoms with Gasteiger partial charge in [-0.3, -0.25) is 9.69 Å². The smallest absolute Gasteiger partial charge is 0.248 e. The van der Waals surface area contributed by atoms with Crippen LogP contribution in [0.5, 0.6) is 11.5 Å². The number of likely N-dealkylation sites (tertiary alicyclic amines) is 1. The minimum atomic E-state index is 0.00585. The Labute approximate surface area is 160 Å². The highest BCUT2D eigenvalue weighted by Gasteiger charge is 2.43. The summed E-state index contributed by atoms with van der Waals surface area (Å²) in [6, 6.07) is 6.17. The summed E-state index contributed by atoms with van der Waals surface area (Å²) in [7, 11) is 3.49. The molecule has 2 fully saturated rings. The van der Waals surface area contributed by atoms with Crippen molar-refractivity contribution in [1.29, 1.82) is 0 Å². The van der Waals surface area contributed by atoms with Gasteiger partial charge >= 0.3 is 0 Å². The summed E-state index contributed by atoms with van der Waals surface area (Å²) in [5, 5.41) is 0. The van der Waals surface area contributed by atoms with E-state index in [0.717, 1.165) is 44.2 Å². The van der Waals surface area contributed by atoms with Crippen molar-refractivity contribution >= 4 is 5.91 Å². The van der Waals surface area contributed by atoms with Crippen LogP contribution in [0.25, 0.3) is 0 Å². The van der Waals surface area contributed by atoms with Gasteiger partial charge in [0.2, 0.25) is 12.7 Å². The third-order valence-electron chi connectivity index (χ3n) is 5.72. The number of carbonyl (C=O) groups excluding carboxylic acids is 1. The van der Waals surface area contributed by atoms with Crippen molar-refractivity contribution in [3.8, 4) is 11.5 Å². The highest BCUT2D eigenvalue weighted by molar-refractivity contribution is 5.76. The van der Waals surface area contributed by atoms with E-state index in [0.29, 0.717) is 31.3 Å². The van der Waals surface area contributed by atoms with Gasteiger partial charge in [-0.25, -0.2) is 0 Å². The first-order valence-electron chi connectivity index (χ1n) is 9.60. The number of carbonyl (C=O) groups is 1. The zero-order valence-electron chi connectivity index (χ0n) is 16.1. The summed E-state index contributed by atoms with van der Waals surface area (Å²) in [4.78, 5) is 15.6. The molecule has 0 aliphatic carbocycles. The van der Waals surface area contributed by atoms with E-state index in [4.69, 9.17) is 18.9 Å². The van der Waals surface area contributed by atoms with Crippen LogP contribution in [0.3, 0.4) is 0 Å². The number of benzene rings is 1. The predicted octanol–water partition coefficient (Wildman–Crippen LogP) is 1.36. The average molecular weight is 376 g/mol. The summed E-state index contributed by atoms with van der Waals surface area (Å²) < 4.78 is 22.4. The lowest BCUT2D eigenvalue weighted by Crippen LogP contribution is -2.27. The molecule has 148 valence electrons. The van der Waals surface area contributed by atoms with Crippen molar-refractivity contribution < 1.29 is 23.7 Å². The minimum absolute atomic E-state index is 0.00585. The number of nitrogens with zero attached hydrogens (tertiary/aromatic N) is 2. The molecule has 27 heavy (non-hydrogen) atoms. The number of ether oxygens (including phenoxy) is 4. The maximum absolute atomic E-state index is 11.6. The molecule has 3 heterocycles. The van der Waals surface area contributed by atoms with Gasteiger partial charge in [0.25, 0.3) is 0 Å². The molecule has 0 unspecified atom stereocenters. The first-order chi connectivity index (χ1) is 13.1. The molecule has 3 atom stereocenters. The number of fused-ring (bicyclic) bond motifs is 2. The SMILES string of the molecule is CN(C)C(=O)COCC[C@H]1CO[C@H]2CN(Cc3ccc4c(c3)OCO4)C[C@@H]12. The van der Waals surface area contributed by atoms with Gasteiger partial charge in [-0.05, 0) is 30.0 Å². The first kappa shape index (κ1) is 18.5. The van der Waals surface area contributed by atoms with Crippen molar-refractivity contribution in [2.75, 3.05) is 53.8 Å². The molecule has 0 bridgehead atoms. The van der Waals surface area contributed by atoms with Crippen molar-refractivity contribution in [1.82, 2.24) is 9.80 Å². The summed E-state index contributed by atoms with van der Waals surface area (Å²) in [5.41, 5.74) is 1.24. The Kier molecular flexibility index (Phi) is 5.52. The monoisotopic (exact) mass is 376 g/mol. The van der Waals surface area contributed by atoms with Gasteiger partial charge in [-0.2, -0.15) is 0 Å². The van der Waals surface area contributed by atoms with Crippen molar-refractivity contribution in [3.63, 3.8) is 0 Å². The van der Waals surface area contributed by atoms with Crippen LogP contribution in [-0.4, -0.2) is 75.6 Å². The Bertz CT molecular complexity index is 680. The fourth-order valence-corrected chi connectivity index (χ4v) is 4.13. The molecule has 0 spiro atoms. The second kappa shape index (κ2) is 8.04. The molecular weight excluding hydrogens is 348 g/mol. The third kappa shape index (κ3) is 4.20. The van der Waals surface area contributed by atoms with E-state index in [2.05, 4.69) is 17.0 Å². The van der Waals surface area contributed by atoms with E-state index in [-0.39, 0.29) is 12.5 Å². The molecule has 1 aromatic carbocycles. The van der Waals surface area contributed by atoms with Crippen LogP contribution in [0, 0.1) is 11.8 Å². The van der Waals surface area contributed by atoms with Gasteiger partial charge in [-0.1, -0.05) is 6.07 Å². The van der Waals surface area contributed by atoms with Crippen molar-refractivity contribution in [2.24, 2.45) is 11.8 Å². The molecule has 4 rings (SSSR count). The lowest BCUT2D eigenvalue weighted by Gasteiger charge is -2.20. The second-order valence-electron chi connectivity index (χ2n) is 7.81. The predicted molar refractivity (Wildman–Crippen MR) is 98.7 cm³/mol. The number of hydrogen-bond acceptors (Lipinski definition) is 6. The van der Waals surface area contributed by atoms with Crippen LogP contribution >= 0.6 is 0 Å². The Balaban J connectivity index is 1.24. The Morgan fingerprint density at radius 2 is 2.11 bits per heavy atom. The summed E-state index contributed by atoms with van der Waals surface area (Å²) in [6.45, 7) is 4.79. The molecule has 1 aromatic rings. The number of amides is 1. The maximum atomic E-state index is 11.6. The van der Waals surface area contributed by atoms with Crippen LogP contribution in [0.4, 0.5) is 0 Å². The molecule has 0 N–H and O–H groups in total. The Hall–Kier alpha value is -1.83. The van der Waals surface area contributed by atoms with Crippen LogP contribution in [0.15, 0.2) is 18.2 Å². The molecule has 0 saturated carbocycles. The van der Waals surface area contributed by atoms with Gasteiger partial charge in [-0.15, -0.1) is 0 Å². The van der Waals surface area contributed by atoms with Gasteiger partial charge in [0.05, 0.1) is 12.7 Å². The van der Waals surface area contributed by atoms with E-state index in [1.165, 1.54) is 5.56 Å². The molecule has 0 radical (unpaired) electrons. The summed E-state index contributed by atoms with van der Waals surface area (Å²) in [6.07, 6.45) is 1.26. The number of likely N-dealkylation sites (N-methyl/N-ethyl adjacent to an activating group) is 1. The molecule has 3 aliphatic rings. The van der Waals surface area contributed by atoms with E-state index in [9.17, 15) is 4.79 Å². The van der Waals surface area contributed by atoms with E-state index in [1.54, 1.807) is 19.0 Å². The zero-order chi connectivity index (χ0) is 18.8. The Morgan fingerprint density at radius 1 is 1.26 bits per heavy atom. The Morgan fingerprint density at radius 3 is 2.96 bits per heavy atom. The standard InChI is InChI=1S/C20H28N2O5/c1-21(2)20(23)12-24-6-5-15-11-25-19-10-22(9-16(15)19)8-14-3-4-17-18(7-14)27-13-26-17/h3-4,7,15-16,19H,5-6,8-13H2,1-2H3/t15-,16-,19-/m0/s1. The van der Waals surface area contributed by atoms with Crippen LogP contribution in [0.1, 0.15) is 12.0 Å². The maximum Gasteiger partial charge on any atom is 0.248 e. The van der Waals surface area contributed by atoms with E-state index in [1.807, 2.05) is 6.07 Å². The highest BCUT2D eigenvalue weighted by atomic mass is 16.7. The molecule has 7 heteroatoms. The largest absolute Gasteiger partial charge is 0.454 e. The normalized spacial score (nSPS) is 26.4.